The molecule has 0 heterocycles. The first-order valence-corrected chi connectivity index (χ1v) is 7.29. The highest BCUT2D eigenvalue weighted by molar-refractivity contribution is 5.64. The molecule has 106 valence electrons. The average molecular weight is 269 g/mol. The Hall–Kier alpha value is -1.80. The molecule has 0 aliphatic heterocycles. The zero-order chi connectivity index (χ0) is 14.4. The number of hydrogen-bond acceptors (Lipinski definition) is 2. The minimum absolute atomic E-state index is 0.104. The van der Waals surface area contributed by atoms with Crippen molar-refractivity contribution in [2.24, 2.45) is 0 Å². The van der Waals surface area contributed by atoms with Crippen molar-refractivity contribution >= 4 is 11.4 Å². The monoisotopic (exact) mass is 269 g/mol. The molecule has 0 saturated carbocycles. The molecule has 0 unspecified atom stereocenters. The molecule has 0 atom stereocenters. The van der Waals surface area contributed by atoms with Crippen molar-refractivity contribution in [3.63, 3.8) is 0 Å². The molecule has 20 heavy (non-hydrogen) atoms. The number of hydrogen-bond donors (Lipinski definition) is 1. The van der Waals surface area contributed by atoms with Crippen LogP contribution >= 0.6 is 0 Å². The van der Waals surface area contributed by atoms with E-state index in [1.54, 1.807) is 0 Å². The van der Waals surface area contributed by atoms with Crippen LogP contribution < -0.4 is 4.90 Å². The molecule has 0 aliphatic carbocycles. The first kappa shape index (κ1) is 14.6. The second kappa shape index (κ2) is 7.11. The largest absolute Gasteiger partial charge is 0.392 e. The van der Waals surface area contributed by atoms with E-state index in [4.69, 9.17) is 0 Å². The second-order valence-electron chi connectivity index (χ2n) is 5.11. The van der Waals surface area contributed by atoms with Crippen LogP contribution in [0.5, 0.6) is 0 Å². The molecule has 0 spiro atoms. The van der Waals surface area contributed by atoms with Gasteiger partial charge in [-0.2, -0.15) is 0 Å². The summed E-state index contributed by atoms with van der Waals surface area (Å²) >= 11 is 0. The summed E-state index contributed by atoms with van der Waals surface area (Å²) in [4.78, 5) is 2.34. The topological polar surface area (TPSA) is 23.5 Å². The summed E-state index contributed by atoms with van der Waals surface area (Å²) in [6.45, 7) is 5.38. The molecule has 0 radical (unpaired) electrons. The van der Waals surface area contributed by atoms with Crippen molar-refractivity contribution in [3.05, 3.63) is 59.7 Å². The van der Waals surface area contributed by atoms with E-state index in [1.807, 2.05) is 12.1 Å². The van der Waals surface area contributed by atoms with Gasteiger partial charge in [0, 0.05) is 17.9 Å². The Morgan fingerprint density at radius 2 is 1.75 bits per heavy atom. The highest BCUT2D eigenvalue weighted by atomic mass is 16.3. The molecule has 2 heteroatoms. The summed E-state index contributed by atoms with van der Waals surface area (Å²) in [5, 5.41) is 9.29. The van der Waals surface area contributed by atoms with Crippen LogP contribution in [0.3, 0.4) is 0 Å². The number of anilines is 2. The molecule has 0 bridgehead atoms. The predicted molar refractivity (Wildman–Crippen MR) is 85.5 cm³/mol. The number of benzene rings is 2. The third-order valence-corrected chi connectivity index (χ3v) is 3.61. The maximum atomic E-state index is 9.29. The Morgan fingerprint density at radius 1 is 1.00 bits per heavy atom. The van der Waals surface area contributed by atoms with Crippen molar-refractivity contribution in [1.29, 1.82) is 0 Å². The van der Waals surface area contributed by atoms with Crippen LogP contribution in [0.25, 0.3) is 0 Å². The van der Waals surface area contributed by atoms with Gasteiger partial charge in [-0.1, -0.05) is 37.6 Å². The van der Waals surface area contributed by atoms with E-state index in [2.05, 4.69) is 55.1 Å². The lowest BCUT2D eigenvalue weighted by Gasteiger charge is -2.25. The van der Waals surface area contributed by atoms with Gasteiger partial charge in [-0.05, 0) is 48.7 Å². The van der Waals surface area contributed by atoms with Gasteiger partial charge in [0.05, 0.1) is 6.61 Å². The molecule has 0 fully saturated rings. The van der Waals surface area contributed by atoms with Crippen LogP contribution in [-0.2, 0) is 6.61 Å². The summed E-state index contributed by atoms with van der Waals surface area (Å²) in [5.74, 6) is 0. The van der Waals surface area contributed by atoms with Gasteiger partial charge in [0.2, 0.25) is 0 Å². The summed E-state index contributed by atoms with van der Waals surface area (Å²) in [7, 11) is 0. The number of aliphatic hydroxyl groups is 1. The Bertz CT molecular complexity index is 536. The Balaban J connectivity index is 2.33. The van der Waals surface area contributed by atoms with E-state index in [0.29, 0.717) is 0 Å². The molecular formula is C18H23NO. The highest BCUT2D eigenvalue weighted by Crippen LogP contribution is 2.27. The van der Waals surface area contributed by atoms with E-state index in [0.717, 1.165) is 24.1 Å². The minimum Gasteiger partial charge on any atom is -0.392 e. The summed E-state index contributed by atoms with van der Waals surface area (Å²) in [5.41, 5.74) is 4.55. The van der Waals surface area contributed by atoms with Crippen LogP contribution in [-0.4, -0.2) is 11.7 Å². The first-order chi connectivity index (χ1) is 9.76. The van der Waals surface area contributed by atoms with Gasteiger partial charge in [0.25, 0.3) is 0 Å². The lowest BCUT2D eigenvalue weighted by molar-refractivity contribution is 0.281. The van der Waals surface area contributed by atoms with Gasteiger partial charge < -0.3 is 10.0 Å². The molecule has 1 N–H and O–H groups in total. The van der Waals surface area contributed by atoms with E-state index >= 15 is 0 Å². The Morgan fingerprint density at radius 3 is 2.35 bits per heavy atom. The van der Waals surface area contributed by atoms with Gasteiger partial charge in [0.1, 0.15) is 0 Å². The summed E-state index contributed by atoms with van der Waals surface area (Å²) in [6, 6.07) is 16.8. The van der Waals surface area contributed by atoms with Gasteiger partial charge >= 0.3 is 0 Å². The minimum atomic E-state index is 0.104. The SMILES string of the molecule is CCCCN(c1ccccc1)c1ccc(CO)c(C)c1. The average Bonchev–Trinajstić information content (AvgIpc) is 2.49. The first-order valence-electron chi connectivity index (χ1n) is 7.29. The predicted octanol–water partition coefficient (Wildman–Crippen LogP) is 4.43. The van der Waals surface area contributed by atoms with Crippen molar-refractivity contribution in [1.82, 2.24) is 0 Å². The van der Waals surface area contributed by atoms with Crippen molar-refractivity contribution in [3.8, 4) is 0 Å². The quantitative estimate of drug-likeness (QED) is 0.838. The Kier molecular flexibility index (Phi) is 5.19. The maximum Gasteiger partial charge on any atom is 0.0684 e. The fourth-order valence-electron chi connectivity index (χ4n) is 2.36. The van der Waals surface area contributed by atoms with Crippen LogP contribution in [0, 0.1) is 6.92 Å². The molecule has 2 nitrogen and oxygen atoms in total. The molecule has 2 aromatic carbocycles. The van der Waals surface area contributed by atoms with E-state index in [-0.39, 0.29) is 6.61 Å². The summed E-state index contributed by atoms with van der Waals surface area (Å²) in [6.07, 6.45) is 2.34. The molecule has 2 aromatic rings. The number of unbranched alkanes of at least 4 members (excludes halogenated alkanes) is 1. The van der Waals surface area contributed by atoms with E-state index in [9.17, 15) is 5.11 Å². The smallest absolute Gasteiger partial charge is 0.0684 e. The number of para-hydroxylation sites is 1. The van der Waals surface area contributed by atoms with Crippen LogP contribution in [0.15, 0.2) is 48.5 Å². The van der Waals surface area contributed by atoms with Gasteiger partial charge in [0.15, 0.2) is 0 Å². The van der Waals surface area contributed by atoms with Crippen LogP contribution in [0.2, 0.25) is 0 Å². The van der Waals surface area contributed by atoms with Crippen molar-refractivity contribution < 1.29 is 5.11 Å². The van der Waals surface area contributed by atoms with E-state index in [1.165, 1.54) is 17.8 Å². The number of nitrogens with zero attached hydrogens (tertiary/aromatic N) is 1. The highest BCUT2D eigenvalue weighted by Gasteiger charge is 2.09. The van der Waals surface area contributed by atoms with Crippen molar-refractivity contribution in [2.75, 3.05) is 11.4 Å². The zero-order valence-corrected chi connectivity index (χ0v) is 12.3. The van der Waals surface area contributed by atoms with Crippen LogP contribution in [0.4, 0.5) is 11.4 Å². The normalized spacial score (nSPS) is 10.6. The summed E-state index contributed by atoms with van der Waals surface area (Å²) < 4.78 is 0. The lowest BCUT2D eigenvalue weighted by atomic mass is 10.1. The van der Waals surface area contributed by atoms with Gasteiger partial charge in [-0.15, -0.1) is 0 Å². The third-order valence-electron chi connectivity index (χ3n) is 3.61. The fourth-order valence-corrected chi connectivity index (χ4v) is 2.36. The standard InChI is InChI=1S/C18H23NO/c1-3-4-12-19(17-8-6-5-7-9-17)18-11-10-16(14-20)15(2)13-18/h5-11,13,20H,3-4,12,14H2,1-2H3. The molecule has 0 aromatic heterocycles. The fraction of sp³-hybridized carbons (Fsp3) is 0.333. The number of rotatable bonds is 6. The molecule has 2 rings (SSSR count). The lowest BCUT2D eigenvalue weighted by Crippen LogP contribution is -2.18. The zero-order valence-electron chi connectivity index (χ0n) is 12.3. The number of aliphatic hydroxyl groups excluding tert-OH is 1. The Labute approximate surface area is 121 Å². The third kappa shape index (κ3) is 3.40. The molecule has 0 aliphatic rings. The van der Waals surface area contributed by atoms with Gasteiger partial charge in [-0.25, -0.2) is 0 Å². The van der Waals surface area contributed by atoms with Crippen LogP contribution in [0.1, 0.15) is 30.9 Å². The van der Waals surface area contributed by atoms with Crippen molar-refractivity contribution in [2.45, 2.75) is 33.3 Å². The maximum absolute atomic E-state index is 9.29. The number of aryl methyl sites for hydroxylation is 1. The van der Waals surface area contributed by atoms with Gasteiger partial charge in [-0.3, -0.25) is 0 Å². The van der Waals surface area contributed by atoms with E-state index < -0.39 is 0 Å². The molecule has 0 saturated heterocycles. The molecule has 0 amide bonds. The molecular weight excluding hydrogens is 246 g/mol. The second-order valence-corrected chi connectivity index (χ2v) is 5.11.